The molecule has 1 aromatic carbocycles. The summed E-state index contributed by atoms with van der Waals surface area (Å²) in [5.41, 5.74) is 0.132. The Morgan fingerprint density at radius 3 is 2.39 bits per heavy atom. The van der Waals surface area contributed by atoms with E-state index in [-0.39, 0.29) is 6.04 Å². The van der Waals surface area contributed by atoms with Crippen LogP contribution < -0.4 is 5.32 Å². The minimum atomic E-state index is -4.28. The quantitative estimate of drug-likeness (QED) is 0.826. The number of halogens is 3. The van der Waals surface area contributed by atoms with Gasteiger partial charge in [-0.15, -0.1) is 0 Å². The van der Waals surface area contributed by atoms with E-state index in [4.69, 9.17) is 0 Å². The van der Waals surface area contributed by atoms with Crippen LogP contribution in [0.2, 0.25) is 0 Å². The Morgan fingerprint density at radius 2 is 1.89 bits per heavy atom. The van der Waals surface area contributed by atoms with Crippen LogP contribution >= 0.6 is 0 Å². The standard InChI is InChI=1S/C14H20F3N/c1-4-10(3)13(18-5-2)11-7-6-8-12(9-11)14(15,16)17/h6-10,13,18H,4-5H2,1-3H3. The summed E-state index contributed by atoms with van der Waals surface area (Å²) in [4.78, 5) is 0. The van der Waals surface area contributed by atoms with Crippen molar-refractivity contribution >= 4 is 0 Å². The minimum Gasteiger partial charge on any atom is -0.310 e. The summed E-state index contributed by atoms with van der Waals surface area (Å²) in [5, 5.41) is 3.26. The highest BCUT2D eigenvalue weighted by Gasteiger charge is 2.31. The first-order valence-electron chi connectivity index (χ1n) is 6.30. The molecule has 0 spiro atoms. The van der Waals surface area contributed by atoms with Crippen molar-refractivity contribution in [3.8, 4) is 0 Å². The maximum Gasteiger partial charge on any atom is 0.416 e. The Kier molecular flexibility index (Phi) is 5.20. The van der Waals surface area contributed by atoms with Crippen LogP contribution in [0.25, 0.3) is 0 Å². The molecule has 1 aromatic rings. The van der Waals surface area contributed by atoms with Crippen LogP contribution in [0.4, 0.5) is 13.2 Å². The molecule has 2 unspecified atom stereocenters. The van der Waals surface area contributed by atoms with E-state index in [1.54, 1.807) is 6.07 Å². The van der Waals surface area contributed by atoms with Crippen LogP contribution in [-0.4, -0.2) is 6.54 Å². The van der Waals surface area contributed by atoms with E-state index in [9.17, 15) is 13.2 Å². The second-order valence-electron chi connectivity index (χ2n) is 4.54. The molecule has 102 valence electrons. The van der Waals surface area contributed by atoms with Gasteiger partial charge in [0.25, 0.3) is 0 Å². The third-order valence-corrected chi connectivity index (χ3v) is 3.21. The van der Waals surface area contributed by atoms with Crippen LogP contribution in [0, 0.1) is 5.92 Å². The monoisotopic (exact) mass is 259 g/mol. The summed E-state index contributed by atoms with van der Waals surface area (Å²) >= 11 is 0. The van der Waals surface area contributed by atoms with Gasteiger partial charge in [0, 0.05) is 6.04 Å². The SMILES string of the molecule is CCNC(c1cccc(C(F)(F)F)c1)C(C)CC. The van der Waals surface area contributed by atoms with E-state index in [2.05, 4.69) is 5.32 Å². The van der Waals surface area contributed by atoms with Gasteiger partial charge in [-0.1, -0.05) is 39.3 Å². The average Bonchev–Trinajstić information content (AvgIpc) is 2.34. The van der Waals surface area contributed by atoms with Crippen LogP contribution in [0.5, 0.6) is 0 Å². The summed E-state index contributed by atoms with van der Waals surface area (Å²) < 4.78 is 38.0. The minimum absolute atomic E-state index is 0.0256. The van der Waals surface area contributed by atoms with Crippen molar-refractivity contribution in [2.24, 2.45) is 5.92 Å². The highest BCUT2D eigenvalue weighted by molar-refractivity contribution is 5.28. The topological polar surface area (TPSA) is 12.0 Å². The fourth-order valence-corrected chi connectivity index (χ4v) is 2.01. The predicted molar refractivity (Wildman–Crippen MR) is 67.3 cm³/mol. The maximum absolute atomic E-state index is 12.7. The van der Waals surface area contributed by atoms with E-state index >= 15 is 0 Å². The smallest absolute Gasteiger partial charge is 0.310 e. The molecule has 2 atom stereocenters. The molecule has 0 radical (unpaired) electrons. The molecular weight excluding hydrogens is 239 g/mol. The molecule has 4 heteroatoms. The molecule has 1 N–H and O–H groups in total. The van der Waals surface area contributed by atoms with E-state index in [1.165, 1.54) is 12.1 Å². The third-order valence-electron chi connectivity index (χ3n) is 3.21. The van der Waals surface area contributed by atoms with Gasteiger partial charge in [-0.25, -0.2) is 0 Å². The largest absolute Gasteiger partial charge is 0.416 e. The Hall–Kier alpha value is -1.03. The zero-order chi connectivity index (χ0) is 13.8. The van der Waals surface area contributed by atoms with Gasteiger partial charge in [-0.3, -0.25) is 0 Å². The zero-order valence-corrected chi connectivity index (χ0v) is 11.0. The molecule has 0 bridgehead atoms. The van der Waals surface area contributed by atoms with Gasteiger partial charge in [0.05, 0.1) is 5.56 Å². The van der Waals surface area contributed by atoms with Crippen molar-refractivity contribution in [1.29, 1.82) is 0 Å². The van der Waals surface area contributed by atoms with Crippen molar-refractivity contribution in [3.63, 3.8) is 0 Å². The molecule has 0 heterocycles. The molecule has 0 fully saturated rings. The van der Waals surface area contributed by atoms with Crippen LogP contribution in [0.3, 0.4) is 0 Å². The van der Waals surface area contributed by atoms with Crippen LogP contribution in [0.1, 0.15) is 44.4 Å². The van der Waals surface area contributed by atoms with Crippen LogP contribution in [0.15, 0.2) is 24.3 Å². The van der Waals surface area contributed by atoms with Gasteiger partial charge in [-0.2, -0.15) is 13.2 Å². The second kappa shape index (κ2) is 6.23. The van der Waals surface area contributed by atoms with Crippen molar-refractivity contribution in [2.45, 2.75) is 39.4 Å². The lowest BCUT2D eigenvalue weighted by Gasteiger charge is -2.25. The zero-order valence-electron chi connectivity index (χ0n) is 11.0. The number of nitrogens with one attached hydrogen (secondary N) is 1. The van der Waals surface area contributed by atoms with Crippen molar-refractivity contribution in [1.82, 2.24) is 5.32 Å². The van der Waals surface area contributed by atoms with E-state index < -0.39 is 11.7 Å². The van der Waals surface area contributed by atoms with Gasteiger partial charge in [0.1, 0.15) is 0 Å². The normalized spacial score (nSPS) is 15.4. The number of hydrogen-bond acceptors (Lipinski definition) is 1. The Labute approximate surface area is 106 Å². The van der Waals surface area contributed by atoms with E-state index in [0.29, 0.717) is 11.5 Å². The van der Waals surface area contributed by atoms with Gasteiger partial charge in [0.15, 0.2) is 0 Å². The number of rotatable bonds is 5. The molecule has 0 saturated carbocycles. The Balaban J connectivity index is 3.05. The number of alkyl halides is 3. The fraction of sp³-hybridized carbons (Fsp3) is 0.571. The lowest BCUT2D eigenvalue weighted by molar-refractivity contribution is -0.137. The first kappa shape index (κ1) is 15.0. The molecule has 0 aliphatic carbocycles. The summed E-state index contributed by atoms with van der Waals surface area (Å²) in [6, 6.07) is 5.57. The summed E-state index contributed by atoms with van der Waals surface area (Å²) in [6.45, 7) is 6.80. The lowest BCUT2D eigenvalue weighted by Crippen LogP contribution is -2.26. The van der Waals surface area contributed by atoms with Crippen LogP contribution in [-0.2, 0) is 6.18 Å². The fourth-order valence-electron chi connectivity index (χ4n) is 2.01. The molecule has 0 aromatic heterocycles. The first-order chi connectivity index (χ1) is 8.40. The van der Waals surface area contributed by atoms with Gasteiger partial charge in [0.2, 0.25) is 0 Å². The Morgan fingerprint density at radius 1 is 1.22 bits per heavy atom. The summed E-state index contributed by atoms with van der Waals surface area (Å²) in [5.74, 6) is 0.299. The molecule has 0 aliphatic heterocycles. The molecule has 0 aliphatic rings. The molecule has 1 rings (SSSR count). The number of hydrogen-bond donors (Lipinski definition) is 1. The molecule has 1 nitrogen and oxygen atoms in total. The van der Waals surface area contributed by atoms with Crippen molar-refractivity contribution < 1.29 is 13.2 Å². The highest BCUT2D eigenvalue weighted by Crippen LogP contribution is 2.32. The third kappa shape index (κ3) is 3.73. The predicted octanol–water partition coefficient (Wildman–Crippen LogP) is 4.40. The van der Waals surface area contributed by atoms with Gasteiger partial charge < -0.3 is 5.32 Å². The molecule has 0 saturated heterocycles. The first-order valence-corrected chi connectivity index (χ1v) is 6.30. The molecular formula is C14H20F3N. The molecule has 0 amide bonds. The maximum atomic E-state index is 12.7. The second-order valence-corrected chi connectivity index (χ2v) is 4.54. The lowest BCUT2D eigenvalue weighted by atomic mass is 9.91. The average molecular weight is 259 g/mol. The highest BCUT2D eigenvalue weighted by atomic mass is 19.4. The van der Waals surface area contributed by atoms with E-state index in [0.717, 1.165) is 19.0 Å². The number of benzene rings is 1. The summed E-state index contributed by atoms with van der Waals surface area (Å²) in [7, 11) is 0. The van der Waals surface area contributed by atoms with Crippen molar-refractivity contribution in [3.05, 3.63) is 35.4 Å². The Bertz CT molecular complexity index is 374. The van der Waals surface area contributed by atoms with E-state index in [1.807, 2.05) is 20.8 Å². The van der Waals surface area contributed by atoms with Gasteiger partial charge in [-0.05, 0) is 30.2 Å². The summed E-state index contributed by atoms with van der Waals surface area (Å²) in [6.07, 6.45) is -3.35. The van der Waals surface area contributed by atoms with Crippen molar-refractivity contribution in [2.75, 3.05) is 6.54 Å². The van der Waals surface area contributed by atoms with Gasteiger partial charge >= 0.3 is 6.18 Å². The molecule has 18 heavy (non-hydrogen) atoms.